The van der Waals surface area contributed by atoms with Crippen LogP contribution in [0.25, 0.3) is 0 Å². The summed E-state index contributed by atoms with van der Waals surface area (Å²) in [7, 11) is 1.63. The van der Waals surface area contributed by atoms with E-state index in [1.807, 2.05) is 41.3 Å². The topological polar surface area (TPSA) is 41.9 Å². The molecule has 4 rings (SSSR count). The van der Waals surface area contributed by atoms with E-state index >= 15 is 0 Å². The summed E-state index contributed by atoms with van der Waals surface area (Å²) in [5.41, 5.74) is 4.31. The maximum Gasteiger partial charge on any atom is 0.278 e. The first-order valence-corrected chi connectivity index (χ1v) is 8.63. The molecule has 2 aromatic carbocycles. The number of nitrogens with zero attached hydrogens (tertiary/aromatic N) is 2. The Balaban J connectivity index is 1.87. The van der Waals surface area contributed by atoms with Gasteiger partial charge in [-0.1, -0.05) is 25.1 Å². The molecule has 1 amide bonds. The molecule has 0 radical (unpaired) electrons. The van der Waals surface area contributed by atoms with Crippen LogP contribution in [-0.4, -0.2) is 24.3 Å². The molecule has 0 bridgehead atoms. The highest BCUT2D eigenvalue weighted by Gasteiger charge is 2.47. The molecule has 128 valence electrons. The molecule has 0 spiro atoms. The van der Waals surface area contributed by atoms with Gasteiger partial charge in [-0.3, -0.25) is 4.79 Å². The number of methoxy groups -OCH3 is 1. The summed E-state index contributed by atoms with van der Waals surface area (Å²) in [6.45, 7) is 6.51. The zero-order chi connectivity index (χ0) is 17.8. The van der Waals surface area contributed by atoms with Crippen molar-refractivity contribution in [3.05, 3.63) is 53.6 Å². The zero-order valence-corrected chi connectivity index (χ0v) is 15.0. The van der Waals surface area contributed by atoms with E-state index in [9.17, 15) is 4.79 Å². The Bertz CT molecular complexity index is 881. The van der Waals surface area contributed by atoms with E-state index in [1.54, 1.807) is 7.11 Å². The molecule has 4 nitrogen and oxygen atoms in total. The van der Waals surface area contributed by atoms with Crippen LogP contribution in [0.15, 0.2) is 47.5 Å². The van der Waals surface area contributed by atoms with Crippen LogP contribution in [0.4, 0.5) is 11.4 Å². The van der Waals surface area contributed by atoms with Crippen LogP contribution in [0.1, 0.15) is 44.2 Å². The van der Waals surface area contributed by atoms with E-state index < -0.39 is 0 Å². The normalized spacial score (nSPS) is 22.2. The van der Waals surface area contributed by atoms with Crippen molar-refractivity contribution >= 4 is 23.0 Å². The number of amides is 1. The lowest BCUT2D eigenvalue weighted by molar-refractivity contribution is -0.113. The van der Waals surface area contributed by atoms with E-state index in [0.717, 1.165) is 29.1 Å². The minimum absolute atomic E-state index is 0.00447. The van der Waals surface area contributed by atoms with Crippen molar-refractivity contribution in [3.63, 3.8) is 0 Å². The number of anilines is 1. The van der Waals surface area contributed by atoms with Gasteiger partial charge in [0.1, 0.15) is 11.5 Å². The molecule has 0 aromatic heterocycles. The van der Waals surface area contributed by atoms with E-state index in [-0.39, 0.29) is 11.4 Å². The maximum absolute atomic E-state index is 13.2. The number of hydrogen-bond donors (Lipinski definition) is 0. The maximum atomic E-state index is 13.2. The van der Waals surface area contributed by atoms with Crippen molar-refractivity contribution in [1.29, 1.82) is 0 Å². The smallest absolute Gasteiger partial charge is 0.278 e. The van der Waals surface area contributed by atoms with Gasteiger partial charge in [0.15, 0.2) is 0 Å². The van der Waals surface area contributed by atoms with E-state index in [4.69, 9.17) is 4.74 Å². The zero-order valence-electron chi connectivity index (χ0n) is 15.0. The third-order valence-corrected chi connectivity index (χ3v) is 5.21. The second kappa shape index (κ2) is 5.45. The van der Waals surface area contributed by atoms with E-state index in [2.05, 4.69) is 31.8 Å². The molecule has 25 heavy (non-hydrogen) atoms. The molecule has 2 heterocycles. The lowest BCUT2D eigenvalue weighted by Gasteiger charge is -2.43. The standard InChI is InChI=1S/C21H22N2O2/c1-13-12-21(2,3)23-19-16(13)6-5-7-17(19)18(20(23)24)22-14-8-10-15(25-4)11-9-14/h5-11,13H,12H2,1-4H3/t13-/m0/s1. The predicted molar refractivity (Wildman–Crippen MR) is 100 cm³/mol. The fraction of sp³-hybridized carbons (Fsp3) is 0.333. The van der Waals surface area contributed by atoms with Crippen LogP contribution >= 0.6 is 0 Å². The average Bonchev–Trinajstić information content (AvgIpc) is 2.87. The Labute approximate surface area is 148 Å². The van der Waals surface area contributed by atoms with Gasteiger partial charge >= 0.3 is 0 Å². The van der Waals surface area contributed by atoms with Gasteiger partial charge in [-0.25, -0.2) is 4.99 Å². The Kier molecular flexibility index (Phi) is 3.46. The van der Waals surface area contributed by atoms with E-state index in [0.29, 0.717) is 11.6 Å². The van der Waals surface area contributed by atoms with Gasteiger partial charge in [0.05, 0.1) is 18.5 Å². The van der Waals surface area contributed by atoms with Crippen LogP contribution in [0.2, 0.25) is 0 Å². The fourth-order valence-corrected chi connectivity index (χ4v) is 4.14. The molecule has 2 aliphatic heterocycles. The van der Waals surface area contributed by atoms with Gasteiger partial charge in [0.2, 0.25) is 0 Å². The Hall–Kier alpha value is -2.62. The second-order valence-electron chi connectivity index (χ2n) is 7.46. The molecular weight excluding hydrogens is 312 g/mol. The van der Waals surface area contributed by atoms with Gasteiger partial charge in [-0.15, -0.1) is 0 Å². The van der Waals surface area contributed by atoms with Crippen molar-refractivity contribution in [2.24, 2.45) is 4.99 Å². The Morgan fingerprint density at radius 1 is 1.16 bits per heavy atom. The van der Waals surface area contributed by atoms with Crippen molar-refractivity contribution in [1.82, 2.24) is 0 Å². The van der Waals surface area contributed by atoms with Crippen molar-refractivity contribution in [2.75, 3.05) is 12.0 Å². The quantitative estimate of drug-likeness (QED) is 0.814. The number of carbonyl (C=O) groups is 1. The summed E-state index contributed by atoms with van der Waals surface area (Å²) in [4.78, 5) is 19.8. The summed E-state index contributed by atoms with van der Waals surface area (Å²) in [6, 6.07) is 13.6. The minimum atomic E-state index is -0.212. The van der Waals surface area contributed by atoms with Crippen LogP contribution in [0.3, 0.4) is 0 Å². The molecule has 2 aromatic rings. The molecule has 0 N–H and O–H groups in total. The SMILES string of the molecule is COc1ccc(N=C2C(=O)N3c4c2cccc4[C@@H](C)CC3(C)C)cc1. The third-order valence-electron chi connectivity index (χ3n) is 5.21. The summed E-state index contributed by atoms with van der Waals surface area (Å²) < 4.78 is 5.19. The Morgan fingerprint density at radius 2 is 1.88 bits per heavy atom. The van der Waals surface area contributed by atoms with Crippen molar-refractivity contribution in [3.8, 4) is 5.75 Å². The van der Waals surface area contributed by atoms with Crippen LogP contribution in [0, 0.1) is 0 Å². The first-order valence-electron chi connectivity index (χ1n) is 8.63. The lowest BCUT2D eigenvalue weighted by Crippen LogP contribution is -2.50. The highest BCUT2D eigenvalue weighted by molar-refractivity contribution is 6.55. The van der Waals surface area contributed by atoms with E-state index in [1.165, 1.54) is 5.56 Å². The highest BCUT2D eigenvalue weighted by atomic mass is 16.5. The first kappa shape index (κ1) is 15.9. The van der Waals surface area contributed by atoms with Crippen LogP contribution < -0.4 is 9.64 Å². The highest BCUT2D eigenvalue weighted by Crippen LogP contribution is 2.48. The van der Waals surface area contributed by atoms with Crippen molar-refractivity contribution in [2.45, 2.75) is 38.6 Å². The molecule has 0 saturated heterocycles. The summed E-state index contributed by atoms with van der Waals surface area (Å²) in [6.07, 6.45) is 0.949. The molecule has 0 saturated carbocycles. The molecule has 2 aliphatic rings. The third kappa shape index (κ3) is 2.36. The number of aliphatic imine (C=N–C) groups is 1. The van der Waals surface area contributed by atoms with Crippen molar-refractivity contribution < 1.29 is 9.53 Å². The number of carbonyl (C=O) groups excluding carboxylic acids is 1. The number of benzene rings is 2. The van der Waals surface area contributed by atoms with Gasteiger partial charge in [-0.2, -0.15) is 0 Å². The largest absolute Gasteiger partial charge is 0.497 e. The van der Waals surface area contributed by atoms with Gasteiger partial charge in [0, 0.05) is 11.1 Å². The second-order valence-corrected chi connectivity index (χ2v) is 7.46. The minimum Gasteiger partial charge on any atom is -0.497 e. The van der Waals surface area contributed by atoms with Gasteiger partial charge in [-0.05, 0) is 56.0 Å². The van der Waals surface area contributed by atoms with Gasteiger partial charge < -0.3 is 9.64 Å². The average molecular weight is 334 g/mol. The molecular formula is C21H22N2O2. The number of hydrogen-bond acceptors (Lipinski definition) is 3. The summed E-state index contributed by atoms with van der Waals surface area (Å²) in [5, 5.41) is 0. The molecule has 0 unspecified atom stereocenters. The summed E-state index contributed by atoms with van der Waals surface area (Å²) in [5.74, 6) is 1.20. The lowest BCUT2D eigenvalue weighted by atomic mass is 9.80. The van der Waals surface area contributed by atoms with Gasteiger partial charge in [0.25, 0.3) is 5.91 Å². The number of ether oxygens (including phenoxy) is 1. The number of rotatable bonds is 2. The van der Waals surface area contributed by atoms with Crippen LogP contribution in [0.5, 0.6) is 5.75 Å². The summed E-state index contributed by atoms with van der Waals surface area (Å²) >= 11 is 0. The predicted octanol–water partition coefficient (Wildman–Crippen LogP) is 4.45. The first-order chi connectivity index (χ1) is 11.9. The number of para-hydroxylation sites is 1. The molecule has 0 aliphatic carbocycles. The fourth-order valence-electron chi connectivity index (χ4n) is 4.14. The molecule has 1 atom stereocenters. The monoisotopic (exact) mass is 334 g/mol. The van der Waals surface area contributed by atoms with Crippen LogP contribution in [-0.2, 0) is 4.79 Å². The molecule has 4 heteroatoms. The Morgan fingerprint density at radius 3 is 2.56 bits per heavy atom. The molecule has 0 fully saturated rings.